The van der Waals surface area contributed by atoms with E-state index in [2.05, 4.69) is 10.3 Å². The lowest BCUT2D eigenvalue weighted by molar-refractivity contribution is -0.148. The molecule has 0 bridgehead atoms. The number of esters is 1. The predicted molar refractivity (Wildman–Crippen MR) is 66.1 cm³/mol. The summed E-state index contributed by atoms with van der Waals surface area (Å²) in [5.74, 6) is -0.408. The molecule has 2 rings (SSSR count). The highest BCUT2D eigenvalue weighted by Gasteiger charge is 2.40. The Labute approximate surface area is 109 Å². The van der Waals surface area contributed by atoms with Crippen molar-refractivity contribution in [3.8, 4) is 0 Å². The molecule has 1 aromatic heterocycles. The van der Waals surface area contributed by atoms with Gasteiger partial charge in [0, 0.05) is 6.20 Å². The summed E-state index contributed by atoms with van der Waals surface area (Å²) in [5, 5.41) is 2.73. The van der Waals surface area contributed by atoms with Gasteiger partial charge < -0.3 is 10.1 Å². The van der Waals surface area contributed by atoms with Crippen LogP contribution in [0.1, 0.15) is 13.3 Å². The average Bonchev–Trinajstić information content (AvgIpc) is 3.06. The van der Waals surface area contributed by atoms with Crippen LogP contribution in [0.25, 0.3) is 0 Å². The number of ether oxygens (including phenoxy) is 1. The van der Waals surface area contributed by atoms with Gasteiger partial charge in [-0.15, -0.1) is 0 Å². The fourth-order valence-corrected chi connectivity index (χ4v) is 1.73. The van der Waals surface area contributed by atoms with Crippen LogP contribution in [-0.4, -0.2) is 23.5 Å². The molecule has 0 spiro atoms. The van der Waals surface area contributed by atoms with E-state index in [0.29, 0.717) is 11.6 Å². The first kappa shape index (κ1) is 12.8. The number of pyridine rings is 1. The Kier molecular flexibility index (Phi) is 3.81. The van der Waals surface area contributed by atoms with Gasteiger partial charge in [0.05, 0.1) is 11.6 Å². The van der Waals surface area contributed by atoms with E-state index in [1.165, 1.54) is 6.20 Å². The number of halogens is 1. The molecule has 1 aromatic rings. The summed E-state index contributed by atoms with van der Waals surface area (Å²) in [7, 11) is 0. The third kappa shape index (κ3) is 3.20. The molecule has 1 fully saturated rings. The molecule has 18 heavy (non-hydrogen) atoms. The molecule has 96 valence electrons. The fourth-order valence-electron chi connectivity index (χ4n) is 1.56. The Morgan fingerprint density at radius 1 is 1.61 bits per heavy atom. The van der Waals surface area contributed by atoms with Crippen molar-refractivity contribution in [2.75, 3.05) is 11.9 Å². The van der Waals surface area contributed by atoms with Gasteiger partial charge in [-0.2, -0.15) is 0 Å². The topological polar surface area (TPSA) is 68.3 Å². The molecule has 1 N–H and O–H groups in total. The van der Waals surface area contributed by atoms with Crippen LogP contribution < -0.4 is 5.32 Å². The second-order valence-corrected chi connectivity index (χ2v) is 4.68. The summed E-state index contributed by atoms with van der Waals surface area (Å²) in [6.07, 6.45) is 2.36. The highest BCUT2D eigenvalue weighted by atomic mass is 35.5. The molecule has 0 saturated heterocycles. The molecule has 0 unspecified atom stereocenters. The van der Waals surface area contributed by atoms with E-state index in [1.807, 2.05) is 6.92 Å². The Morgan fingerprint density at radius 2 is 2.33 bits per heavy atom. The van der Waals surface area contributed by atoms with Gasteiger partial charge in [0.15, 0.2) is 11.8 Å². The second kappa shape index (κ2) is 5.35. The largest absolute Gasteiger partial charge is 0.455 e. The monoisotopic (exact) mass is 268 g/mol. The van der Waals surface area contributed by atoms with Crippen molar-refractivity contribution in [2.45, 2.75) is 13.3 Å². The van der Waals surface area contributed by atoms with Crippen LogP contribution in [0.4, 0.5) is 5.69 Å². The SMILES string of the molecule is C[C@@H]1C[C@H]1C(=O)OCC(=O)Nc1cccnc1Cl. The fraction of sp³-hybridized carbons (Fsp3) is 0.417. The number of hydrogen-bond donors (Lipinski definition) is 1. The minimum atomic E-state index is -0.424. The van der Waals surface area contributed by atoms with Crippen molar-refractivity contribution in [3.05, 3.63) is 23.5 Å². The van der Waals surface area contributed by atoms with Gasteiger partial charge in [-0.1, -0.05) is 18.5 Å². The minimum absolute atomic E-state index is 0.0419. The smallest absolute Gasteiger partial charge is 0.309 e. The average molecular weight is 269 g/mol. The molecule has 1 aliphatic rings. The molecule has 0 radical (unpaired) electrons. The van der Waals surface area contributed by atoms with Gasteiger partial charge in [0.25, 0.3) is 5.91 Å². The number of nitrogens with one attached hydrogen (secondary N) is 1. The second-order valence-electron chi connectivity index (χ2n) is 4.32. The zero-order chi connectivity index (χ0) is 13.1. The van der Waals surface area contributed by atoms with Gasteiger partial charge in [-0.05, 0) is 24.5 Å². The van der Waals surface area contributed by atoms with E-state index < -0.39 is 5.91 Å². The molecule has 0 aliphatic heterocycles. The molecule has 2 atom stereocenters. The quantitative estimate of drug-likeness (QED) is 0.669. The number of aromatic nitrogens is 1. The molecule has 5 nitrogen and oxygen atoms in total. The van der Waals surface area contributed by atoms with E-state index in [1.54, 1.807) is 12.1 Å². The first-order valence-electron chi connectivity index (χ1n) is 5.65. The number of hydrogen-bond acceptors (Lipinski definition) is 4. The minimum Gasteiger partial charge on any atom is -0.455 e. The molecule has 1 aliphatic carbocycles. The van der Waals surface area contributed by atoms with Gasteiger partial charge in [-0.3, -0.25) is 9.59 Å². The third-order valence-electron chi connectivity index (χ3n) is 2.79. The number of amides is 1. The molecule has 1 saturated carbocycles. The predicted octanol–water partition coefficient (Wildman–Crippen LogP) is 1.87. The number of carbonyl (C=O) groups is 2. The van der Waals surface area contributed by atoms with Crippen LogP contribution in [0.15, 0.2) is 18.3 Å². The van der Waals surface area contributed by atoms with Crippen molar-refractivity contribution in [1.82, 2.24) is 4.98 Å². The zero-order valence-electron chi connectivity index (χ0n) is 9.85. The molecular formula is C12H13ClN2O3. The van der Waals surface area contributed by atoms with Crippen LogP contribution in [0, 0.1) is 11.8 Å². The maximum atomic E-state index is 11.5. The summed E-state index contributed by atoms with van der Waals surface area (Å²) in [6.45, 7) is 1.68. The summed E-state index contributed by atoms with van der Waals surface area (Å²) >= 11 is 5.78. The Morgan fingerprint density at radius 3 is 2.94 bits per heavy atom. The lowest BCUT2D eigenvalue weighted by atomic mass is 10.3. The van der Waals surface area contributed by atoms with Crippen LogP contribution in [0.2, 0.25) is 5.15 Å². The van der Waals surface area contributed by atoms with E-state index in [4.69, 9.17) is 16.3 Å². The summed E-state index contributed by atoms with van der Waals surface area (Å²) in [6, 6.07) is 3.28. The van der Waals surface area contributed by atoms with Crippen LogP contribution >= 0.6 is 11.6 Å². The molecular weight excluding hydrogens is 256 g/mol. The number of carbonyl (C=O) groups excluding carboxylic acids is 2. The summed E-state index contributed by atoms with van der Waals surface area (Å²) < 4.78 is 4.90. The van der Waals surface area contributed by atoms with Crippen molar-refractivity contribution in [2.24, 2.45) is 11.8 Å². The zero-order valence-corrected chi connectivity index (χ0v) is 10.6. The molecule has 1 amide bonds. The lowest BCUT2D eigenvalue weighted by Gasteiger charge is -2.06. The summed E-state index contributed by atoms with van der Waals surface area (Å²) in [4.78, 5) is 26.7. The number of nitrogens with zero attached hydrogens (tertiary/aromatic N) is 1. The lowest BCUT2D eigenvalue weighted by Crippen LogP contribution is -2.22. The molecule has 6 heteroatoms. The van der Waals surface area contributed by atoms with E-state index >= 15 is 0 Å². The van der Waals surface area contributed by atoms with Gasteiger partial charge in [0.1, 0.15) is 0 Å². The van der Waals surface area contributed by atoms with E-state index in [0.717, 1.165) is 6.42 Å². The van der Waals surface area contributed by atoms with Crippen molar-refractivity contribution >= 4 is 29.2 Å². The van der Waals surface area contributed by atoms with Crippen molar-refractivity contribution in [3.63, 3.8) is 0 Å². The Balaban J connectivity index is 1.79. The standard InChI is InChI=1S/C12H13ClN2O3/c1-7-5-8(7)12(17)18-6-10(16)15-9-3-2-4-14-11(9)13/h2-4,7-8H,5-6H2,1H3,(H,15,16)/t7-,8-/m1/s1. The van der Waals surface area contributed by atoms with Gasteiger partial charge >= 0.3 is 5.97 Å². The number of rotatable bonds is 4. The normalized spacial score (nSPS) is 21.2. The maximum Gasteiger partial charge on any atom is 0.309 e. The number of anilines is 1. The molecule has 0 aromatic carbocycles. The van der Waals surface area contributed by atoms with Crippen LogP contribution in [-0.2, 0) is 14.3 Å². The highest BCUT2D eigenvalue weighted by Crippen LogP contribution is 2.38. The Bertz CT molecular complexity index is 478. The Hall–Kier alpha value is -1.62. The first-order valence-corrected chi connectivity index (χ1v) is 6.02. The van der Waals surface area contributed by atoms with Crippen LogP contribution in [0.3, 0.4) is 0 Å². The molecule has 1 heterocycles. The van der Waals surface area contributed by atoms with Crippen LogP contribution in [0.5, 0.6) is 0 Å². The van der Waals surface area contributed by atoms with Gasteiger partial charge in [0.2, 0.25) is 0 Å². The summed E-state index contributed by atoms with van der Waals surface area (Å²) in [5.41, 5.74) is 0.403. The third-order valence-corrected chi connectivity index (χ3v) is 3.09. The first-order chi connectivity index (χ1) is 8.58. The van der Waals surface area contributed by atoms with E-state index in [9.17, 15) is 9.59 Å². The maximum absolute atomic E-state index is 11.5. The van der Waals surface area contributed by atoms with E-state index in [-0.39, 0.29) is 23.6 Å². The van der Waals surface area contributed by atoms with Crippen molar-refractivity contribution < 1.29 is 14.3 Å². The van der Waals surface area contributed by atoms with Crippen molar-refractivity contribution in [1.29, 1.82) is 0 Å². The highest BCUT2D eigenvalue weighted by molar-refractivity contribution is 6.32. The van der Waals surface area contributed by atoms with Gasteiger partial charge in [-0.25, -0.2) is 4.98 Å².